The Hall–Kier alpha value is -2.14. The van der Waals surface area contributed by atoms with E-state index in [0.717, 1.165) is 11.3 Å². The molecule has 0 bridgehead atoms. The summed E-state index contributed by atoms with van der Waals surface area (Å²) in [5, 5.41) is 0. The van der Waals surface area contributed by atoms with Crippen LogP contribution in [0.4, 0.5) is 5.69 Å². The van der Waals surface area contributed by atoms with Crippen LogP contribution in [0.25, 0.3) is 0 Å². The van der Waals surface area contributed by atoms with E-state index in [2.05, 4.69) is 4.99 Å². The minimum Gasteiger partial charge on any atom is -0.491 e. The molecule has 4 nitrogen and oxygen atoms in total. The van der Waals surface area contributed by atoms with Gasteiger partial charge in [-0.1, -0.05) is 0 Å². The molecule has 116 valence electrons. The first-order chi connectivity index (χ1) is 10.3. The van der Waals surface area contributed by atoms with E-state index >= 15 is 0 Å². The molecule has 0 amide bonds. The molecule has 5 heteroatoms. The number of aliphatic imine (C=N–C) groups is 1. The molecule has 0 spiro atoms. The summed E-state index contributed by atoms with van der Waals surface area (Å²) in [6.07, 6.45) is 3.06. The molecule has 0 unspecified atom stereocenters. The third-order valence-electron chi connectivity index (χ3n) is 2.88. The maximum absolute atomic E-state index is 11.4. The summed E-state index contributed by atoms with van der Waals surface area (Å²) in [6.45, 7) is 3.96. The average molecular weight is 317 g/mol. The molecule has 0 saturated heterocycles. The van der Waals surface area contributed by atoms with Crippen molar-refractivity contribution in [3.05, 3.63) is 54.1 Å². The first-order valence-corrected chi connectivity index (χ1v) is 8.84. The van der Waals surface area contributed by atoms with Crippen molar-refractivity contribution in [3.8, 4) is 5.75 Å². The van der Waals surface area contributed by atoms with Gasteiger partial charge in [0.05, 0.1) is 16.7 Å². The zero-order valence-corrected chi connectivity index (χ0v) is 13.7. The second-order valence-electron chi connectivity index (χ2n) is 5.26. The minimum atomic E-state index is -3.17. The number of ether oxygens (including phenoxy) is 1. The van der Waals surface area contributed by atoms with Crippen LogP contribution in [0.2, 0.25) is 0 Å². The summed E-state index contributed by atoms with van der Waals surface area (Å²) >= 11 is 0. The highest BCUT2D eigenvalue weighted by molar-refractivity contribution is 7.90. The Labute approximate surface area is 131 Å². The van der Waals surface area contributed by atoms with Gasteiger partial charge in [0.15, 0.2) is 9.84 Å². The van der Waals surface area contributed by atoms with Crippen molar-refractivity contribution in [1.82, 2.24) is 0 Å². The molecule has 0 fully saturated rings. The molecule has 2 aromatic rings. The molecule has 0 aliphatic rings. The van der Waals surface area contributed by atoms with Gasteiger partial charge in [0.25, 0.3) is 0 Å². The van der Waals surface area contributed by atoms with Gasteiger partial charge < -0.3 is 4.74 Å². The third kappa shape index (κ3) is 4.70. The van der Waals surface area contributed by atoms with Crippen LogP contribution in [0.1, 0.15) is 19.4 Å². The highest BCUT2D eigenvalue weighted by Crippen LogP contribution is 2.17. The van der Waals surface area contributed by atoms with Gasteiger partial charge in [0.1, 0.15) is 5.75 Å². The molecule has 0 saturated carbocycles. The van der Waals surface area contributed by atoms with Gasteiger partial charge >= 0.3 is 0 Å². The second kappa shape index (κ2) is 6.75. The SMILES string of the molecule is CC(C)Oc1ccc(C=Nc2ccc(S(C)(=O)=O)cc2)cc1. The molecule has 0 N–H and O–H groups in total. The average Bonchev–Trinajstić information content (AvgIpc) is 2.45. The first-order valence-electron chi connectivity index (χ1n) is 6.95. The fourth-order valence-corrected chi connectivity index (χ4v) is 2.46. The van der Waals surface area contributed by atoms with Crippen LogP contribution in [0.5, 0.6) is 5.75 Å². The first kappa shape index (κ1) is 16.2. The molecule has 0 atom stereocenters. The molecule has 2 rings (SSSR count). The van der Waals surface area contributed by atoms with Gasteiger partial charge in [-0.25, -0.2) is 8.42 Å². The number of hydrogen-bond acceptors (Lipinski definition) is 4. The molecular weight excluding hydrogens is 298 g/mol. The van der Waals surface area contributed by atoms with E-state index in [1.54, 1.807) is 30.5 Å². The van der Waals surface area contributed by atoms with Crippen LogP contribution in [-0.4, -0.2) is 27.0 Å². The third-order valence-corrected chi connectivity index (χ3v) is 4.01. The second-order valence-corrected chi connectivity index (χ2v) is 7.28. The van der Waals surface area contributed by atoms with Crippen molar-refractivity contribution in [2.24, 2.45) is 4.99 Å². The Morgan fingerprint density at radius 3 is 2.09 bits per heavy atom. The molecule has 2 aromatic carbocycles. The standard InChI is InChI=1S/C17H19NO3S/c1-13(2)21-16-8-4-14(5-9-16)12-18-15-6-10-17(11-7-15)22(3,19)20/h4-13H,1-3H3. The molecule has 0 heterocycles. The van der Waals surface area contributed by atoms with Gasteiger partial charge in [-0.3, -0.25) is 4.99 Å². The summed E-state index contributed by atoms with van der Waals surface area (Å²) in [5.74, 6) is 0.824. The molecule has 0 aromatic heterocycles. The van der Waals surface area contributed by atoms with E-state index in [-0.39, 0.29) is 6.10 Å². The predicted molar refractivity (Wildman–Crippen MR) is 89.0 cm³/mol. The molecule has 22 heavy (non-hydrogen) atoms. The monoisotopic (exact) mass is 317 g/mol. The molecule has 0 aliphatic heterocycles. The van der Waals surface area contributed by atoms with Crippen molar-refractivity contribution in [1.29, 1.82) is 0 Å². The summed E-state index contributed by atoms with van der Waals surface area (Å²) in [7, 11) is -3.17. The van der Waals surface area contributed by atoms with E-state index in [9.17, 15) is 8.42 Å². The lowest BCUT2D eigenvalue weighted by molar-refractivity contribution is 0.242. The largest absolute Gasteiger partial charge is 0.491 e. The van der Waals surface area contributed by atoms with Gasteiger partial charge in [0, 0.05) is 12.5 Å². The summed E-state index contributed by atoms with van der Waals surface area (Å²) < 4.78 is 28.3. The smallest absolute Gasteiger partial charge is 0.175 e. The van der Waals surface area contributed by atoms with Gasteiger partial charge in [0.2, 0.25) is 0 Å². The lowest BCUT2D eigenvalue weighted by Crippen LogP contribution is -2.05. The minimum absolute atomic E-state index is 0.146. The van der Waals surface area contributed by atoms with Crippen molar-refractivity contribution < 1.29 is 13.2 Å². The highest BCUT2D eigenvalue weighted by Gasteiger charge is 2.05. The van der Waals surface area contributed by atoms with Crippen LogP contribution in [0.15, 0.2) is 58.4 Å². The van der Waals surface area contributed by atoms with Crippen LogP contribution in [-0.2, 0) is 9.84 Å². The van der Waals surface area contributed by atoms with Crippen molar-refractivity contribution in [2.45, 2.75) is 24.8 Å². The number of rotatable bonds is 5. The summed E-state index contributed by atoms with van der Waals surface area (Å²) in [6, 6.07) is 14.1. The zero-order chi connectivity index (χ0) is 16.2. The molecule has 0 radical (unpaired) electrons. The Morgan fingerprint density at radius 2 is 1.59 bits per heavy atom. The van der Waals surface area contributed by atoms with Gasteiger partial charge in [-0.2, -0.15) is 0 Å². The Morgan fingerprint density at radius 1 is 1.00 bits per heavy atom. The highest BCUT2D eigenvalue weighted by atomic mass is 32.2. The van der Waals surface area contributed by atoms with E-state index in [1.807, 2.05) is 38.1 Å². The molecular formula is C17H19NO3S. The Balaban J connectivity index is 2.08. The van der Waals surface area contributed by atoms with E-state index in [1.165, 1.54) is 6.26 Å². The van der Waals surface area contributed by atoms with Crippen molar-refractivity contribution >= 4 is 21.7 Å². The van der Waals surface area contributed by atoms with Gasteiger partial charge in [-0.05, 0) is 67.9 Å². The van der Waals surface area contributed by atoms with Crippen LogP contribution >= 0.6 is 0 Å². The van der Waals surface area contributed by atoms with Crippen molar-refractivity contribution in [2.75, 3.05) is 6.26 Å². The van der Waals surface area contributed by atoms with E-state index < -0.39 is 9.84 Å². The van der Waals surface area contributed by atoms with Gasteiger partial charge in [-0.15, -0.1) is 0 Å². The number of sulfone groups is 1. The summed E-state index contributed by atoms with van der Waals surface area (Å²) in [5.41, 5.74) is 1.65. The number of benzene rings is 2. The normalized spacial score (nSPS) is 12.0. The number of hydrogen-bond donors (Lipinski definition) is 0. The quantitative estimate of drug-likeness (QED) is 0.791. The van der Waals surface area contributed by atoms with Crippen LogP contribution in [0.3, 0.4) is 0 Å². The zero-order valence-electron chi connectivity index (χ0n) is 12.9. The maximum atomic E-state index is 11.4. The fraction of sp³-hybridized carbons (Fsp3) is 0.235. The molecule has 0 aliphatic carbocycles. The summed E-state index contributed by atoms with van der Waals surface area (Å²) in [4.78, 5) is 4.62. The Kier molecular flexibility index (Phi) is 4.98. The maximum Gasteiger partial charge on any atom is 0.175 e. The van der Waals surface area contributed by atoms with Crippen LogP contribution < -0.4 is 4.74 Å². The lowest BCUT2D eigenvalue weighted by Gasteiger charge is -2.09. The van der Waals surface area contributed by atoms with E-state index in [4.69, 9.17) is 4.74 Å². The topological polar surface area (TPSA) is 55.7 Å². The number of nitrogens with zero attached hydrogens (tertiary/aromatic N) is 1. The predicted octanol–water partition coefficient (Wildman–Crippen LogP) is 3.63. The fourth-order valence-electron chi connectivity index (χ4n) is 1.83. The Bertz CT molecular complexity index is 745. The van der Waals surface area contributed by atoms with Crippen LogP contribution in [0, 0.1) is 0 Å². The van der Waals surface area contributed by atoms with E-state index in [0.29, 0.717) is 10.6 Å². The lowest BCUT2D eigenvalue weighted by atomic mass is 10.2. The van der Waals surface area contributed by atoms with Crippen molar-refractivity contribution in [3.63, 3.8) is 0 Å².